The highest BCUT2D eigenvalue weighted by molar-refractivity contribution is 5.95. The van der Waals surface area contributed by atoms with Gasteiger partial charge < -0.3 is 9.88 Å². The van der Waals surface area contributed by atoms with Gasteiger partial charge in [-0.05, 0) is 64.7 Å². The molecule has 2 aromatic rings. The van der Waals surface area contributed by atoms with Crippen molar-refractivity contribution in [2.75, 3.05) is 0 Å². The second kappa shape index (κ2) is 6.84. The van der Waals surface area contributed by atoms with Gasteiger partial charge in [-0.25, -0.2) is 0 Å². The Morgan fingerprint density at radius 2 is 1.83 bits per heavy atom. The average molecular weight is 326 g/mol. The van der Waals surface area contributed by atoms with Crippen molar-refractivity contribution in [3.63, 3.8) is 0 Å². The molecule has 0 aliphatic heterocycles. The Balaban J connectivity index is 2.51. The first-order valence-electron chi connectivity index (χ1n) is 8.70. The van der Waals surface area contributed by atoms with Crippen molar-refractivity contribution in [1.29, 1.82) is 0 Å². The second-order valence-electron chi connectivity index (χ2n) is 7.67. The summed E-state index contributed by atoms with van der Waals surface area (Å²) < 4.78 is 2.17. The van der Waals surface area contributed by atoms with Gasteiger partial charge in [0.1, 0.15) is 5.69 Å². The lowest BCUT2D eigenvalue weighted by molar-refractivity contribution is 0.0909. The molecule has 24 heavy (non-hydrogen) atoms. The highest BCUT2D eigenvalue weighted by Gasteiger charge is 2.24. The number of hydrogen-bond acceptors (Lipinski definition) is 1. The maximum atomic E-state index is 12.9. The van der Waals surface area contributed by atoms with Crippen LogP contribution in [-0.4, -0.2) is 16.0 Å². The monoisotopic (exact) mass is 326 g/mol. The van der Waals surface area contributed by atoms with E-state index in [4.69, 9.17) is 0 Å². The predicted octanol–water partition coefficient (Wildman–Crippen LogP) is 4.55. The minimum absolute atomic E-state index is 0.00968. The molecule has 130 valence electrons. The smallest absolute Gasteiger partial charge is 0.268 e. The molecular weight excluding hydrogens is 296 g/mol. The van der Waals surface area contributed by atoms with Gasteiger partial charge in [-0.15, -0.1) is 0 Å². The maximum Gasteiger partial charge on any atom is 0.268 e. The van der Waals surface area contributed by atoms with Crippen LogP contribution < -0.4 is 5.32 Å². The molecule has 0 aliphatic rings. The van der Waals surface area contributed by atoms with Gasteiger partial charge in [0.15, 0.2) is 0 Å². The Hall–Kier alpha value is -2.03. The van der Waals surface area contributed by atoms with E-state index in [0.29, 0.717) is 0 Å². The zero-order chi connectivity index (χ0) is 18.1. The molecule has 3 heteroatoms. The van der Waals surface area contributed by atoms with Crippen LogP contribution in [0.15, 0.2) is 24.3 Å². The zero-order valence-corrected chi connectivity index (χ0v) is 16.1. The van der Waals surface area contributed by atoms with Crippen LogP contribution in [0.4, 0.5) is 0 Å². The number of nitrogens with one attached hydrogen (secondary N) is 1. The van der Waals surface area contributed by atoms with Crippen molar-refractivity contribution < 1.29 is 4.79 Å². The lowest BCUT2D eigenvalue weighted by atomic mass is 10.1. The number of rotatable bonds is 4. The van der Waals surface area contributed by atoms with Gasteiger partial charge in [0.25, 0.3) is 5.91 Å². The van der Waals surface area contributed by atoms with E-state index < -0.39 is 0 Å². The van der Waals surface area contributed by atoms with Crippen LogP contribution in [0, 0.1) is 20.8 Å². The number of aromatic nitrogens is 1. The van der Waals surface area contributed by atoms with Crippen LogP contribution in [0.1, 0.15) is 66.1 Å². The van der Waals surface area contributed by atoms with Crippen molar-refractivity contribution in [3.05, 3.63) is 57.9 Å². The largest absolute Gasteiger partial charge is 0.346 e. The van der Waals surface area contributed by atoms with E-state index in [1.807, 2.05) is 20.8 Å². The Labute approximate surface area is 146 Å². The molecule has 0 fully saturated rings. The number of carbonyl (C=O) groups is 1. The Morgan fingerprint density at radius 3 is 2.38 bits per heavy atom. The molecule has 0 saturated carbocycles. The zero-order valence-electron chi connectivity index (χ0n) is 16.1. The Morgan fingerprint density at radius 1 is 1.17 bits per heavy atom. The van der Waals surface area contributed by atoms with Crippen LogP contribution in [0.25, 0.3) is 0 Å². The van der Waals surface area contributed by atoms with E-state index in [9.17, 15) is 4.79 Å². The highest BCUT2D eigenvalue weighted by Crippen LogP contribution is 2.25. The van der Waals surface area contributed by atoms with Gasteiger partial charge in [-0.1, -0.05) is 36.8 Å². The predicted molar refractivity (Wildman–Crippen MR) is 101 cm³/mol. The van der Waals surface area contributed by atoms with Gasteiger partial charge in [0, 0.05) is 17.8 Å². The molecule has 0 unspecified atom stereocenters. The standard InChI is InChI=1S/C21H30N2O/c1-8-18-15(3)19(20(24)22-21(5,6)7)23(16(18)4)13-17-11-9-10-14(2)12-17/h9-12H,8,13H2,1-7H3,(H,22,24). The maximum absolute atomic E-state index is 12.9. The third kappa shape index (κ3) is 3.89. The van der Waals surface area contributed by atoms with Crippen molar-refractivity contribution in [2.24, 2.45) is 0 Å². The third-order valence-corrected chi connectivity index (χ3v) is 4.40. The quantitative estimate of drug-likeness (QED) is 0.878. The molecule has 0 atom stereocenters. The second-order valence-corrected chi connectivity index (χ2v) is 7.67. The summed E-state index contributed by atoms with van der Waals surface area (Å²) in [5.74, 6) is 0.00968. The average Bonchev–Trinajstić information content (AvgIpc) is 2.68. The third-order valence-electron chi connectivity index (χ3n) is 4.40. The van der Waals surface area contributed by atoms with Gasteiger partial charge >= 0.3 is 0 Å². The SMILES string of the molecule is CCc1c(C)c(C(=O)NC(C)(C)C)n(Cc2cccc(C)c2)c1C. The van der Waals surface area contributed by atoms with Crippen molar-refractivity contribution >= 4 is 5.91 Å². The first-order valence-corrected chi connectivity index (χ1v) is 8.70. The van der Waals surface area contributed by atoms with Crippen LogP contribution in [0.5, 0.6) is 0 Å². The van der Waals surface area contributed by atoms with Gasteiger partial charge in [-0.2, -0.15) is 0 Å². The normalized spacial score (nSPS) is 11.6. The summed E-state index contributed by atoms with van der Waals surface area (Å²) in [5, 5.41) is 3.12. The van der Waals surface area contributed by atoms with E-state index in [2.05, 4.69) is 61.8 Å². The number of benzene rings is 1. The van der Waals surface area contributed by atoms with Gasteiger partial charge in [-0.3, -0.25) is 4.79 Å². The van der Waals surface area contributed by atoms with Crippen molar-refractivity contribution in [3.8, 4) is 0 Å². The van der Waals surface area contributed by atoms with Crippen molar-refractivity contribution in [2.45, 2.75) is 67.0 Å². The van der Waals surface area contributed by atoms with E-state index in [-0.39, 0.29) is 11.4 Å². The molecular formula is C21H30N2O. The summed E-state index contributed by atoms with van der Waals surface area (Å²) in [4.78, 5) is 12.9. The lowest BCUT2D eigenvalue weighted by Gasteiger charge is -2.22. The van der Waals surface area contributed by atoms with Gasteiger partial charge in [0.2, 0.25) is 0 Å². The minimum Gasteiger partial charge on any atom is -0.346 e. The molecule has 2 rings (SSSR count). The molecule has 3 nitrogen and oxygen atoms in total. The first kappa shape index (κ1) is 18.3. The number of nitrogens with zero attached hydrogens (tertiary/aromatic N) is 1. The van der Waals surface area contributed by atoms with Crippen molar-refractivity contribution in [1.82, 2.24) is 9.88 Å². The Kier molecular flexibility index (Phi) is 5.22. The first-order chi connectivity index (χ1) is 11.1. The van der Waals surface area contributed by atoms with Gasteiger partial charge in [0.05, 0.1) is 0 Å². The summed E-state index contributed by atoms with van der Waals surface area (Å²) in [6, 6.07) is 8.48. The molecule has 0 saturated heterocycles. The lowest BCUT2D eigenvalue weighted by Crippen LogP contribution is -2.41. The molecule has 1 aromatic carbocycles. The summed E-state index contributed by atoms with van der Waals surface area (Å²) in [7, 11) is 0. The molecule has 0 bridgehead atoms. The molecule has 1 heterocycles. The van der Waals surface area contributed by atoms with E-state index in [1.165, 1.54) is 22.4 Å². The highest BCUT2D eigenvalue weighted by atomic mass is 16.2. The molecule has 0 radical (unpaired) electrons. The number of hydrogen-bond donors (Lipinski definition) is 1. The van der Waals surface area contributed by atoms with E-state index in [0.717, 1.165) is 24.2 Å². The Bertz CT molecular complexity index is 748. The summed E-state index contributed by atoms with van der Waals surface area (Å²) in [6.45, 7) is 15.2. The van der Waals surface area contributed by atoms with Crippen LogP contribution in [0.2, 0.25) is 0 Å². The fourth-order valence-electron chi connectivity index (χ4n) is 3.35. The summed E-state index contributed by atoms with van der Waals surface area (Å²) >= 11 is 0. The fraction of sp³-hybridized carbons (Fsp3) is 0.476. The van der Waals surface area contributed by atoms with Crippen LogP contribution in [0.3, 0.4) is 0 Å². The van der Waals surface area contributed by atoms with Crippen LogP contribution >= 0.6 is 0 Å². The number of carbonyl (C=O) groups excluding carboxylic acids is 1. The molecule has 1 amide bonds. The van der Waals surface area contributed by atoms with E-state index in [1.54, 1.807) is 0 Å². The number of aryl methyl sites for hydroxylation is 1. The van der Waals surface area contributed by atoms with E-state index >= 15 is 0 Å². The molecule has 0 spiro atoms. The number of amides is 1. The fourth-order valence-corrected chi connectivity index (χ4v) is 3.35. The summed E-state index contributed by atoms with van der Waals surface area (Å²) in [6.07, 6.45) is 0.939. The topological polar surface area (TPSA) is 34.0 Å². The van der Waals surface area contributed by atoms with Crippen LogP contribution in [-0.2, 0) is 13.0 Å². The molecule has 1 aromatic heterocycles. The minimum atomic E-state index is -0.248. The molecule has 0 aliphatic carbocycles. The summed E-state index contributed by atoms with van der Waals surface area (Å²) in [5.41, 5.74) is 6.58. The molecule has 1 N–H and O–H groups in total.